The Kier molecular flexibility index (Phi) is 6.11. The molecule has 2 aromatic carbocycles. The average Bonchev–Trinajstić information content (AvgIpc) is 3.37. The molecule has 0 aliphatic carbocycles. The zero-order valence-electron chi connectivity index (χ0n) is 18.0. The van der Waals surface area contributed by atoms with Gasteiger partial charge in [-0.1, -0.05) is 23.5 Å². The van der Waals surface area contributed by atoms with Crippen LogP contribution in [0.4, 0.5) is 5.13 Å². The molecule has 4 aromatic rings. The Morgan fingerprint density at radius 2 is 2.00 bits per heavy atom. The normalized spacial score (nSPS) is 11.4. The van der Waals surface area contributed by atoms with Gasteiger partial charge >= 0.3 is 0 Å². The number of benzene rings is 2. The van der Waals surface area contributed by atoms with Crippen molar-refractivity contribution >= 4 is 43.6 Å². The summed E-state index contributed by atoms with van der Waals surface area (Å²) in [6.45, 7) is 3.72. The van der Waals surface area contributed by atoms with Gasteiger partial charge in [0.15, 0.2) is 22.2 Å². The van der Waals surface area contributed by atoms with E-state index in [2.05, 4.69) is 0 Å². The minimum atomic E-state index is -0.232. The van der Waals surface area contributed by atoms with Crippen LogP contribution < -0.4 is 14.4 Å². The SMILES string of the molecule is CCOc1ccc2nc(N(CCN(C)C)C(=O)c3cc4cccc(OC)c4o3)sc2c1. The number of anilines is 1. The van der Waals surface area contributed by atoms with Crippen LogP contribution >= 0.6 is 11.3 Å². The maximum absolute atomic E-state index is 13.5. The number of hydrogen-bond donors (Lipinski definition) is 0. The van der Waals surface area contributed by atoms with Crippen LogP contribution in [-0.4, -0.2) is 56.7 Å². The molecule has 2 heterocycles. The molecule has 31 heavy (non-hydrogen) atoms. The predicted molar refractivity (Wildman–Crippen MR) is 124 cm³/mol. The van der Waals surface area contributed by atoms with Crippen molar-refractivity contribution in [2.45, 2.75) is 6.92 Å². The van der Waals surface area contributed by atoms with Gasteiger partial charge in [-0.3, -0.25) is 9.69 Å². The number of rotatable bonds is 8. The molecule has 162 valence electrons. The number of methoxy groups -OCH3 is 1. The van der Waals surface area contributed by atoms with Gasteiger partial charge in [0.1, 0.15) is 5.75 Å². The Hall–Kier alpha value is -3.10. The van der Waals surface area contributed by atoms with Crippen LogP contribution in [0, 0.1) is 0 Å². The van der Waals surface area contributed by atoms with Gasteiger partial charge in [-0.2, -0.15) is 0 Å². The van der Waals surface area contributed by atoms with Crippen LogP contribution in [0.15, 0.2) is 46.9 Å². The summed E-state index contributed by atoms with van der Waals surface area (Å²) in [7, 11) is 5.53. The first kappa shape index (κ1) is 21.1. The number of carbonyl (C=O) groups excluding carboxylic acids is 1. The number of amides is 1. The van der Waals surface area contributed by atoms with E-state index >= 15 is 0 Å². The molecular weight excluding hydrogens is 414 g/mol. The standard InChI is InChI=1S/C23H25N3O4S/c1-5-29-16-9-10-17-20(14-16)31-23(24-17)26(12-11-25(2)3)22(27)19-13-15-7-6-8-18(28-4)21(15)30-19/h6-10,13-14H,5,11-12H2,1-4H3. The molecule has 0 bridgehead atoms. The third-order valence-corrected chi connectivity index (χ3v) is 5.89. The number of fused-ring (bicyclic) bond motifs is 2. The van der Waals surface area contributed by atoms with Crippen molar-refractivity contribution in [3.8, 4) is 11.5 Å². The zero-order chi connectivity index (χ0) is 22.0. The molecular formula is C23H25N3O4S. The summed E-state index contributed by atoms with van der Waals surface area (Å²) < 4.78 is 17.8. The van der Waals surface area contributed by atoms with E-state index in [-0.39, 0.29) is 11.7 Å². The third-order valence-electron chi connectivity index (χ3n) is 4.85. The molecule has 0 fully saturated rings. The fourth-order valence-corrected chi connectivity index (χ4v) is 4.30. The molecule has 0 radical (unpaired) electrons. The molecule has 0 aliphatic heterocycles. The quantitative estimate of drug-likeness (QED) is 0.398. The second kappa shape index (κ2) is 8.95. The number of furan rings is 1. The largest absolute Gasteiger partial charge is 0.494 e. The topological polar surface area (TPSA) is 68.0 Å². The lowest BCUT2D eigenvalue weighted by atomic mass is 10.2. The number of aromatic nitrogens is 1. The van der Waals surface area contributed by atoms with E-state index in [1.54, 1.807) is 18.1 Å². The third kappa shape index (κ3) is 4.35. The van der Waals surface area contributed by atoms with Crippen molar-refractivity contribution in [1.82, 2.24) is 9.88 Å². The van der Waals surface area contributed by atoms with Gasteiger partial charge in [0.05, 0.1) is 23.9 Å². The summed E-state index contributed by atoms with van der Waals surface area (Å²) in [6, 6.07) is 13.1. The number of para-hydroxylation sites is 1. The molecule has 0 unspecified atom stereocenters. The molecule has 7 nitrogen and oxygen atoms in total. The summed E-state index contributed by atoms with van der Waals surface area (Å²) in [6.07, 6.45) is 0. The molecule has 0 saturated heterocycles. The molecule has 0 saturated carbocycles. The number of thiazole rings is 1. The fourth-order valence-electron chi connectivity index (χ4n) is 3.28. The summed E-state index contributed by atoms with van der Waals surface area (Å²) >= 11 is 1.46. The van der Waals surface area contributed by atoms with Gasteiger partial charge < -0.3 is 18.8 Å². The first-order valence-electron chi connectivity index (χ1n) is 10.1. The van der Waals surface area contributed by atoms with Crippen molar-refractivity contribution in [3.63, 3.8) is 0 Å². The Bertz CT molecular complexity index is 1210. The molecule has 0 atom stereocenters. The second-order valence-corrected chi connectivity index (χ2v) is 8.32. The van der Waals surface area contributed by atoms with E-state index < -0.39 is 0 Å². The molecule has 1 amide bonds. The highest BCUT2D eigenvalue weighted by Gasteiger charge is 2.25. The number of hydrogen-bond acceptors (Lipinski definition) is 7. The van der Waals surface area contributed by atoms with Crippen molar-refractivity contribution in [1.29, 1.82) is 0 Å². The summed E-state index contributed by atoms with van der Waals surface area (Å²) in [5, 5.41) is 1.45. The van der Waals surface area contributed by atoms with Crippen LogP contribution in [0.25, 0.3) is 21.2 Å². The predicted octanol–water partition coefficient (Wildman–Crippen LogP) is 4.66. The average molecular weight is 440 g/mol. The number of likely N-dealkylation sites (N-methyl/N-ethyl adjacent to an activating group) is 1. The van der Waals surface area contributed by atoms with Crippen molar-refractivity contribution < 1.29 is 18.7 Å². The van der Waals surface area contributed by atoms with Crippen LogP contribution in [0.2, 0.25) is 0 Å². The number of ether oxygens (including phenoxy) is 2. The molecule has 4 rings (SSSR count). The summed E-state index contributed by atoms with van der Waals surface area (Å²) in [5.74, 6) is 1.41. The highest BCUT2D eigenvalue weighted by molar-refractivity contribution is 7.22. The van der Waals surface area contributed by atoms with Crippen molar-refractivity contribution in [3.05, 3.63) is 48.2 Å². The van der Waals surface area contributed by atoms with Gasteiger partial charge in [-0.05, 0) is 51.4 Å². The van der Waals surface area contributed by atoms with E-state index in [1.807, 2.05) is 62.3 Å². The summed E-state index contributed by atoms with van der Waals surface area (Å²) in [4.78, 5) is 21.9. The lowest BCUT2D eigenvalue weighted by molar-refractivity contribution is 0.0960. The minimum absolute atomic E-state index is 0.232. The lowest BCUT2D eigenvalue weighted by Crippen LogP contribution is -2.36. The maximum Gasteiger partial charge on any atom is 0.295 e. The Morgan fingerprint density at radius 3 is 2.74 bits per heavy atom. The van der Waals surface area contributed by atoms with Crippen LogP contribution in [0.5, 0.6) is 11.5 Å². The van der Waals surface area contributed by atoms with Crippen LogP contribution in [0.3, 0.4) is 0 Å². The second-order valence-electron chi connectivity index (χ2n) is 7.31. The first-order valence-corrected chi connectivity index (χ1v) is 10.9. The van der Waals surface area contributed by atoms with Crippen molar-refractivity contribution in [2.75, 3.05) is 45.8 Å². The molecule has 8 heteroatoms. The number of nitrogens with zero attached hydrogens (tertiary/aromatic N) is 3. The van der Waals surface area contributed by atoms with E-state index in [0.717, 1.165) is 21.4 Å². The number of carbonyl (C=O) groups is 1. The maximum atomic E-state index is 13.5. The van der Waals surface area contributed by atoms with E-state index in [1.165, 1.54) is 11.3 Å². The zero-order valence-corrected chi connectivity index (χ0v) is 18.9. The van der Waals surface area contributed by atoms with E-state index in [4.69, 9.17) is 18.9 Å². The van der Waals surface area contributed by atoms with Crippen molar-refractivity contribution in [2.24, 2.45) is 0 Å². The summed E-state index contributed by atoms with van der Waals surface area (Å²) in [5.41, 5.74) is 1.39. The minimum Gasteiger partial charge on any atom is -0.494 e. The Morgan fingerprint density at radius 1 is 1.16 bits per heavy atom. The smallest absolute Gasteiger partial charge is 0.295 e. The van der Waals surface area contributed by atoms with Crippen LogP contribution in [-0.2, 0) is 0 Å². The highest BCUT2D eigenvalue weighted by atomic mass is 32.1. The van der Waals surface area contributed by atoms with Crippen LogP contribution in [0.1, 0.15) is 17.5 Å². The monoisotopic (exact) mass is 439 g/mol. The fraction of sp³-hybridized carbons (Fsp3) is 0.304. The lowest BCUT2D eigenvalue weighted by Gasteiger charge is -2.20. The molecule has 2 aromatic heterocycles. The highest BCUT2D eigenvalue weighted by Crippen LogP contribution is 2.34. The van der Waals surface area contributed by atoms with E-state index in [0.29, 0.717) is 36.2 Å². The molecule has 0 spiro atoms. The first-order chi connectivity index (χ1) is 15.0. The molecule has 0 N–H and O–H groups in total. The Labute approximate surface area is 184 Å². The molecule has 0 aliphatic rings. The van der Waals surface area contributed by atoms with Gasteiger partial charge in [-0.25, -0.2) is 4.98 Å². The van der Waals surface area contributed by atoms with Gasteiger partial charge in [0.2, 0.25) is 0 Å². The van der Waals surface area contributed by atoms with Gasteiger partial charge in [-0.15, -0.1) is 0 Å². The van der Waals surface area contributed by atoms with Gasteiger partial charge in [0.25, 0.3) is 5.91 Å². The Balaban J connectivity index is 1.72. The van der Waals surface area contributed by atoms with Gasteiger partial charge in [0, 0.05) is 18.5 Å². The van der Waals surface area contributed by atoms with E-state index in [9.17, 15) is 4.79 Å².